The molecule has 0 aliphatic heterocycles. The number of carbonyl (C=O) groups is 3. The molecular weight excluding hydrogens is 479 g/mol. The molecule has 0 aromatic rings. The van der Waals surface area contributed by atoms with Gasteiger partial charge in [0.2, 0.25) is 0 Å². The Hall–Kier alpha value is -1.47. The summed E-state index contributed by atoms with van der Waals surface area (Å²) in [6, 6.07) is -0.778. The first-order valence-corrected chi connectivity index (χ1v) is 14.4. The lowest BCUT2D eigenvalue weighted by molar-refractivity contribution is -0.158. The standard InChI is InChI=1S/C29H39FO5S/c1-27(2)11-17(12-27)25(33)35-14-16-9-21-20-6-5-18-10-19(31)7-8-28(18,3)24(20)22(32)13-29(21,4)23(16)26(34)36-15-30/h7-8,10,16-17,20-24,32H,5-6,9,11-15H2,1-4H3/t16-,20-,21-,22-,23+,24+,28-,29-/m0/s1. The van der Waals surface area contributed by atoms with Crippen LogP contribution in [0.4, 0.5) is 4.39 Å². The van der Waals surface area contributed by atoms with Gasteiger partial charge in [-0.3, -0.25) is 14.4 Å². The van der Waals surface area contributed by atoms with Crippen molar-refractivity contribution in [1.29, 1.82) is 0 Å². The number of ketones is 1. The number of hydrogen-bond acceptors (Lipinski definition) is 6. The molecule has 4 saturated carbocycles. The Bertz CT molecular complexity index is 1010. The maximum Gasteiger partial charge on any atom is 0.308 e. The van der Waals surface area contributed by atoms with E-state index < -0.39 is 23.4 Å². The van der Waals surface area contributed by atoms with Crippen LogP contribution in [0, 0.1) is 51.8 Å². The van der Waals surface area contributed by atoms with Crippen LogP contribution in [0.25, 0.3) is 0 Å². The van der Waals surface area contributed by atoms with Gasteiger partial charge in [0.25, 0.3) is 0 Å². The second-order valence-corrected chi connectivity index (χ2v) is 14.2. The molecule has 0 radical (unpaired) electrons. The van der Waals surface area contributed by atoms with Gasteiger partial charge in [-0.05, 0) is 73.3 Å². The van der Waals surface area contributed by atoms with Crippen LogP contribution >= 0.6 is 11.8 Å². The molecule has 0 heterocycles. The summed E-state index contributed by atoms with van der Waals surface area (Å²) >= 11 is 0.705. The molecule has 4 fully saturated rings. The van der Waals surface area contributed by atoms with Gasteiger partial charge < -0.3 is 9.84 Å². The van der Waals surface area contributed by atoms with Crippen molar-refractivity contribution in [2.24, 2.45) is 51.8 Å². The zero-order valence-corrected chi connectivity index (χ0v) is 22.6. The molecule has 0 bridgehead atoms. The molecule has 8 atom stereocenters. The lowest BCUT2D eigenvalue weighted by Gasteiger charge is -2.58. The zero-order valence-electron chi connectivity index (χ0n) is 21.8. The maximum absolute atomic E-state index is 13.3. The molecule has 5 rings (SSSR count). The number of halogens is 1. The minimum Gasteiger partial charge on any atom is -0.465 e. The van der Waals surface area contributed by atoms with Crippen LogP contribution in [-0.2, 0) is 19.1 Å². The van der Waals surface area contributed by atoms with E-state index in [4.69, 9.17) is 4.74 Å². The summed E-state index contributed by atoms with van der Waals surface area (Å²) in [5.41, 5.74) is 0.392. The molecule has 5 aliphatic rings. The van der Waals surface area contributed by atoms with E-state index in [-0.39, 0.29) is 63.9 Å². The average molecular weight is 519 g/mol. The average Bonchev–Trinajstić information content (AvgIpc) is 3.07. The van der Waals surface area contributed by atoms with E-state index in [1.54, 1.807) is 12.2 Å². The summed E-state index contributed by atoms with van der Waals surface area (Å²) in [7, 11) is 0. The second kappa shape index (κ2) is 9.07. The van der Waals surface area contributed by atoms with Gasteiger partial charge in [-0.1, -0.05) is 51.1 Å². The summed E-state index contributed by atoms with van der Waals surface area (Å²) < 4.78 is 19.1. The number of ether oxygens (including phenoxy) is 1. The quantitative estimate of drug-likeness (QED) is 0.499. The number of esters is 1. The van der Waals surface area contributed by atoms with Crippen LogP contribution in [0.1, 0.15) is 66.2 Å². The van der Waals surface area contributed by atoms with Crippen molar-refractivity contribution in [3.05, 3.63) is 23.8 Å². The molecule has 7 heteroatoms. The number of alkyl halides is 1. The normalized spacial score (nSPS) is 43.1. The Morgan fingerprint density at radius 3 is 2.58 bits per heavy atom. The number of carbonyl (C=O) groups excluding carboxylic acids is 3. The van der Waals surface area contributed by atoms with Crippen molar-refractivity contribution >= 4 is 28.6 Å². The third-order valence-corrected chi connectivity index (χ3v) is 11.1. The Morgan fingerprint density at radius 1 is 1.19 bits per heavy atom. The van der Waals surface area contributed by atoms with Crippen LogP contribution in [0.3, 0.4) is 0 Å². The highest BCUT2D eigenvalue weighted by Crippen LogP contribution is 2.67. The molecule has 0 amide bonds. The summed E-state index contributed by atoms with van der Waals surface area (Å²) in [6.45, 7) is 8.68. The number of rotatable bonds is 5. The van der Waals surface area contributed by atoms with E-state index in [0.29, 0.717) is 18.2 Å². The predicted octanol–water partition coefficient (Wildman–Crippen LogP) is 5.27. The number of aliphatic hydroxyl groups excluding tert-OH is 1. The van der Waals surface area contributed by atoms with Crippen molar-refractivity contribution < 1.29 is 28.6 Å². The number of hydrogen-bond donors (Lipinski definition) is 1. The van der Waals surface area contributed by atoms with Gasteiger partial charge >= 0.3 is 5.97 Å². The summed E-state index contributed by atoms with van der Waals surface area (Å²) in [5, 5.41) is 11.4. The summed E-state index contributed by atoms with van der Waals surface area (Å²) in [6.07, 6.45) is 9.16. The maximum atomic E-state index is 13.3. The third-order valence-electron chi connectivity index (χ3n) is 10.5. The van der Waals surface area contributed by atoms with Gasteiger partial charge in [0, 0.05) is 23.2 Å². The molecule has 1 N–H and O–H groups in total. The topological polar surface area (TPSA) is 80.7 Å². The van der Waals surface area contributed by atoms with E-state index >= 15 is 0 Å². The number of allylic oxidation sites excluding steroid dienone is 4. The molecule has 36 heavy (non-hydrogen) atoms. The minimum absolute atomic E-state index is 0.00238. The Morgan fingerprint density at radius 2 is 1.92 bits per heavy atom. The molecule has 0 aromatic carbocycles. The second-order valence-electron chi connectivity index (χ2n) is 13.2. The Balaban J connectivity index is 1.40. The zero-order chi connectivity index (χ0) is 26.0. The number of aliphatic hydroxyl groups is 1. The number of thioether (sulfide) groups is 1. The summed E-state index contributed by atoms with van der Waals surface area (Å²) in [4.78, 5) is 38.1. The molecule has 0 unspecified atom stereocenters. The van der Waals surface area contributed by atoms with Gasteiger partial charge in [-0.2, -0.15) is 0 Å². The van der Waals surface area contributed by atoms with Crippen molar-refractivity contribution in [2.45, 2.75) is 72.3 Å². The first-order chi connectivity index (χ1) is 16.9. The summed E-state index contributed by atoms with van der Waals surface area (Å²) in [5.74, 6) is -0.600. The minimum atomic E-state index is -0.778. The molecule has 198 valence electrons. The van der Waals surface area contributed by atoms with Crippen LogP contribution < -0.4 is 0 Å². The highest BCUT2D eigenvalue weighted by atomic mass is 32.2. The van der Waals surface area contributed by atoms with Gasteiger partial charge in [-0.25, -0.2) is 4.39 Å². The van der Waals surface area contributed by atoms with E-state index in [1.807, 2.05) is 6.08 Å². The lowest BCUT2D eigenvalue weighted by Crippen LogP contribution is -2.56. The first-order valence-electron chi connectivity index (χ1n) is 13.4. The van der Waals surface area contributed by atoms with E-state index in [9.17, 15) is 23.9 Å². The molecule has 5 nitrogen and oxygen atoms in total. The third kappa shape index (κ3) is 4.13. The molecule has 0 saturated heterocycles. The van der Waals surface area contributed by atoms with Crippen LogP contribution in [-0.4, -0.2) is 40.7 Å². The predicted molar refractivity (Wildman–Crippen MR) is 136 cm³/mol. The Labute approximate surface area is 217 Å². The van der Waals surface area contributed by atoms with Crippen molar-refractivity contribution in [2.75, 3.05) is 12.6 Å². The smallest absolute Gasteiger partial charge is 0.308 e. The van der Waals surface area contributed by atoms with Crippen molar-refractivity contribution in [1.82, 2.24) is 0 Å². The Kier molecular flexibility index (Phi) is 6.59. The monoisotopic (exact) mass is 518 g/mol. The highest BCUT2D eigenvalue weighted by Gasteiger charge is 2.65. The first kappa shape index (κ1) is 26.1. The van der Waals surface area contributed by atoms with Gasteiger partial charge in [0.05, 0.1) is 18.6 Å². The SMILES string of the molecule is CC1(C)CC(C(=O)OC[C@@H]2C[C@H]3[C@@H]4CCC5=CC(=O)C=C[C@]5(C)[C@H]4[C@@H](O)C[C@]3(C)[C@H]2C(=O)SCF)C1. The van der Waals surface area contributed by atoms with Crippen molar-refractivity contribution in [3.8, 4) is 0 Å². The van der Waals surface area contributed by atoms with Gasteiger partial charge in [0.15, 0.2) is 10.9 Å². The van der Waals surface area contributed by atoms with Crippen LogP contribution in [0.2, 0.25) is 0 Å². The fourth-order valence-corrected chi connectivity index (χ4v) is 9.77. The molecule has 5 aliphatic carbocycles. The fraction of sp³-hybridized carbons (Fsp3) is 0.759. The molecule has 0 spiro atoms. The van der Waals surface area contributed by atoms with Gasteiger partial charge in [0.1, 0.15) is 6.01 Å². The van der Waals surface area contributed by atoms with Crippen molar-refractivity contribution in [3.63, 3.8) is 0 Å². The van der Waals surface area contributed by atoms with E-state index in [2.05, 4.69) is 27.7 Å². The van der Waals surface area contributed by atoms with E-state index in [0.717, 1.165) is 37.7 Å². The number of fused-ring (bicyclic) bond motifs is 5. The lowest BCUT2D eigenvalue weighted by atomic mass is 9.47. The van der Waals surface area contributed by atoms with Crippen LogP contribution in [0.15, 0.2) is 23.8 Å². The fourth-order valence-electron chi connectivity index (χ4n) is 9.03. The van der Waals surface area contributed by atoms with Crippen LogP contribution in [0.5, 0.6) is 0 Å². The van der Waals surface area contributed by atoms with E-state index in [1.165, 1.54) is 0 Å². The molecular formula is C29H39FO5S. The highest BCUT2D eigenvalue weighted by molar-refractivity contribution is 8.13. The largest absolute Gasteiger partial charge is 0.465 e. The molecule has 0 aromatic heterocycles. The van der Waals surface area contributed by atoms with Gasteiger partial charge in [-0.15, -0.1) is 0 Å².